The first kappa shape index (κ1) is 11.0. The van der Waals surface area contributed by atoms with Gasteiger partial charge in [-0.05, 0) is 32.9 Å². The van der Waals surface area contributed by atoms with Crippen molar-refractivity contribution in [3.8, 4) is 0 Å². The molecule has 0 saturated carbocycles. The molecule has 4 heteroatoms. The van der Waals surface area contributed by atoms with E-state index in [1.807, 2.05) is 32.0 Å². The maximum Gasteiger partial charge on any atom is 0.133 e. The molecule has 1 unspecified atom stereocenters. The first-order chi connectivity index (χ1) is 7.65. The molecule has 4 nitrogen and oxygen atoms in total. The Morgan fingerprint density at radius 3 is 2.69 bits per heavy atom. The van der Waals surface area contributed by atoms with Crippen LogP contribution in [0.2, 0.25) is 0 Å². The molecule has 2 aromatic rings. The standard InChI is InChI=1S/C12H16N2O2/c1-8-4-5-12(15-8)10(3)13-7-11-6-9(2)16-14-11/h4-6,10,13H,7H2,1-3H3. The molecule has 0 saturated heterocycles. The van der Waals surface area contributed by atoms with E-state index in [0.717, 1.165) is 23.0 Å². The predicted molar refractivity (Wildman–Crippen MR) is 59.9 cm³/mol. The summed E-state index contributed by atoms with van der Waals surface area (Å²) in [5.41, 5.74) is 0.910. The van der Waals surface area contributed by atoms with Gasteiger partial charge in [-0.1, -0.05) is 5.16 Å². The molecule has 0 amide bonds. The molecule has 2 rings (SSSR count). The number of nitrogens with zero attached hydrogens (tertiary/aromatic N) is 1. The average Bonchev–Trinajstić information content (AvgIpc) is 2.84. The number of hydrogen-bond donors (Lipinski definition) is 1. The summed E-state index contributed by atoms with van der Waals surface area (Å²) in [5.74, 6) is 2.71. The van der Waals surface area contributed by atoms with Crippen LogP contribution in [0.1, 0.15) is 35.9 Å². The van der Waals surface area contributed by atoms with E-state index >= 15 is 0 Å². The van der Waals surface area contributed by atoms with Gasteiger partial charge in [-0.3, -0.25) is 0 Å². The van der Waals surface area contributed by atoms with E-state index in [-0.39, 0.29) is 6.04 Å². The summed E-state index contributed by atoms with van der Waals surface area (Å²) >= 11 is 0. The number of nitrogens with one attached hydrogen (secondary N) is 1. The molecule has 16 heavy (non-hydrogen) atoms. The van der Waals surface area contributed by atoms with Gasteiger partial charge in [-0.25, -0.2) is 0 Å². The largest absolute Gasteiger partial charge is 0.465 e. The zero-order chi connectivity index (χ0) is 11.5. The lowest BCUT2D eigenvalue weighted by atomic mass is 10.2. The number of furan rings is 1. The third kappa shape index (κ3) is 2.52. The Hall–Kier alpha value is -1.55. The third-order valence-corrected chi connectivity index (χ3v) is 2.45. The molecule has 2 aromatic heterocycles. The number of aryl methyl sites for hydroxylation is 2. The van der Waals surface area contributed by atoms with Crippen molar-refractivity contribution < 1.29 is 8.94 Å². The highest BCUT2D eigenvalue weighted by Gasteiger charge is 2.09. The SMILES string of the molecule is Cc1cc(CNC(C)c2ccc(C)o2)no1. The summed E-state index contributed by atoms with van der Waals surface area (Å²) in [5, 5.41) is 7.24. The molecule has 0 aromatic carbocycles. The zero-order valence-electron chi connectivity index (χ0n) is 9.78. The van der Waals surface area contributed by atoms with Gasteiger partial charge in [-0.15, -0.1) is 0 Å². The van der Waals surface area contributed by atoms with E-state index in [1.165, 1.54) is 0 Å². The Kier molecular flexibility index (Phi) is 3.10. The van der Waals surface area contributed by atoms with Crippen LogP contribution in [0.3, 0.4) is 0 Å². The molecule has 2 heterocycles. The molecule has 0 spiro atoms. The van der Waals surface area contributed by atoms with Crippen LogP contribution in [0.25, 0.3) is 0 Å². The van der Waals surface area contributed by atoms with Gasteiger partial charge in [-0.2, -0.15) is 0 Å². The second-order valence-corrected chi connectivity index (χ2v) is 3.98. The van der Waals surface area contributed by atoms with Gasteiger partial charge in [0, 0.05) is 12.6 Å². The fourth-order valence-electron chi connectivity index (χ4n) is 1.55. The highest BCUT2D eigenvalue weighted by Crippen LogP contribution is 2.16. The lowest BCUT2D eigenvalue weighted by Gasteiger charge is -2.09. The molecule has 0 bridgehead atoms. The van der Waals surface area contributed by atoms with Crippen molar-refractivity contribution in [2.75, 3.05) is 0 Å². The van der Waals surface area contributed by atoms with Crippen molar-refractivity contribution in [2.45, 2.75) is 33.4 Å². The second kappa shape index (κ2) is 4.53. The van der Waals surface area contributed by atoms with Crippen LogP contribution in [0.5, 0.6) is 0 Å². The van der Waals surface area contributed by atoms with Crippen LogP contribution >= 0.6 is 0 Å². The average molecular weight is 220 g/mol. The molecular weight excluding hydrogens is 204 g/mol. The molecule has 0 aliphatic heterocycles. The van der Waals surface area contributed by atoms with Crippen LogP contribution in [0, 0.1) is 13.8 Å². The van der Waals surface area contributed by atoms with Crippen molar-refractivity contribution >= 4 is 0 Å². The van der Waals surface area contributed by atoms with Gasteiger partial charge in [0.1, 0.15) is 17.3 Å². The van der Waals surface area contributed by atoms with Crippen LogP contribution in [-0.2, 0) is 6.54 Å². The number of hydrogen-bond acceptors (Lipinski definition) is 4. The van der Waals surface area contributed by atoms with Crippen LogP contribution < -0.4 is 5.32 Å². The van der Waals surface area contributed by atoms with Gasteiger partial charge in [0.25, 0.3) is 0 Å². The summed E-state index contributed by atoms with van der Waals surface area (Å²) in [7, 11) is 0. The molecule has 0 aliphatic carbocycles. The minimum Gasteiger partial charge on any atom is -0.465 e. The smallest absolute Gasteiger partial charge is 0.133 e. The summed E-state index contributed by atoms with van der Waals surface area (Å²) < 4.78 is 10.5. The summed E-state index contributed by atoms with van der Waals surface area (Å²) in [4.78, 5) is 0. The number of aromatic nitrogens is 1. The van der Waals surface area contributed by atoms with Crippen LogP contribution in [0.15, 0.2) is 27.1 Å². The highest BCUT2D eigenvalue weighted by atomic mass is 16.5. The molecule has 1 N–H and O–H groups in total. The minimum absolute atomic E-state index is 0.172. The zero-order valence-corrected chi connectivity index (χ0v) is 9.78. The Morgan fingerprint density at radius 2 is 2.12 bits per heavy atom. The predicted octanol–water partition coefficient (Wildman–Crippen LogP) is 2.74. The van der Waals surface area contributed by atoms with Crippen molar-refractivity contribution in [1.29, 1.82) is 0 Å². The summed E-state index contributed by atoms with van der Waals surface area (Å²) in [6.07, 6.45) is 0. The Labute approximate surface area is 94.6 Å². The van der Waals surface area contributed by atoms with Crippen molar-refractivity contribution in [1.82, 2.24) is 10.5 Å². The van der Waals surface area contributed by atoms with Crippen LogP contribution in [-0.4, -0.2) is 5.16 Å². The van der Waals surface area contributed by atoms with E-state index in [1.54, 1.807) is 0 Å². The van der Waals surface area contributed by atoms with Gasteiger partial charge in [0.2, 0.25) is 0 Å². The summed E-state index contributed by atoms with van der Waals surface area (Å²) in [6.45, 7) is 6.57. The quantitative estimate of drug-likeness (QED) is 0.860. The molecule has 0 aliphatic rings. The monoisotopic (exact) mass is 220 g/mol. The number of rotatable bonds is 4. The van der Waals surface area contributed by atoms with Gasteiger partial charge in [0.05, 0.1) is 11.7 Å². The third-order valence-electron chi connectivity index (χ3n) is 2.45. The fourth-order valence-corrected chi connectivity index (χ4v) is 1.55. The van der Waals surface area contributed by atoms with E-state index in [4.69, 9.17) is 8.94 Å². The molecule has 86 valence electrons. The maximum atomic E-state index is 5.53. The molecule has 0 fully saturated rings. The van der Waals surface area contributed by atoms with Gasteiger partial charge in [0.15, 0.2) is 0 Å². The van der Waals surface area contributed by atoms with E-state index < -0.39 is 0 Å². The van der Waals surface area contributed by atoms with E-state index in [9.17, 15) is 0 Å². The van der Waals surface area contributed by atoms with Crippen molar-refractivity contribution in [2.24, 2.45) is 0 Å². The van der Waals surface area contributed by atoms with Crippen molar-refractivity contribution in [3.05, 3.63) is 41.2 Å². The Balaban J connectivity index is 1.91. The first-order valence-electron chi connectivity index (χ1n) is 5.37. The normalized spacial score (nSPS) is 12.9. The Morgan fingerprint density at radius 1 is 1.31 bits per heavy atom. The second-order valence-electron chi connectivity index (χ2n) is 3.98. The molecular formula is C12H16N2O2. The minimum atomic E-state index is 0.172. The van der Waals surface area contributed by atoms with Crippen molar-refractivity contribution in [3.63, 3.8) is 0 Å². The first-order valence-corrected chi connectivity index (χ1v) is 5.37. The highest BCUT2D eigenvalue weighted by molar-refractivity contribution is 5.09. The lowest BCUT2D eigenvalue weighted by molar-refractivity contribution is 0.379. The lowest BCUT2D eigenvalue weighted by Crippen LogP contribution is -2.17. The van der Waals surface area contributed by atoms with Gasteiger partial charge < -0.3 is 14.3 Å². The maximum absolute atomic E-state index is 5.53. The molecule has 1 atom stereocenters. The fraction of sp³-hybridized carbons (Fsp3) is 0.417. The molecule has 0 radical (unpaired) electrons. The Bertz CT molecular complexity index is 459. The van der Waals surface area contributed by atoms with Crippen LogP contribution in [0.4, 0.5) is 0 Å². The summed E-state index contributed by atoms with van der Waals surface area (Å²) in [6, 6.07) is 6.05. The van der Waals surface area contributed by atoms with E-state index in [0.29, 0.717) is 6.54 Å². The van der Waals surface area contributed by atoms with Gasteiger partial charge >= 0.3 is 0 Å². The van der Waals surface area contributed by atoms with E-state index in [2.05, 4.69) is 17.4 Å². The topological polar surface area (TPSA) is 51.2 Å².